The van der Waals surface area contributed by atoms with Crippen LogP contribution in [0.3, 0.4) is 0 Å². The molecule has 2 unspecified atom stereocenters. The molecule has 4 heteroatoms. The lowest BCUT2D eigenvalue weighted by molar-refractivity contribution is -0.137. The van der Waals surface area contributed by atoms with Crippen LogP contribution in [0.25, 0.3) is 0 Å². The molecule has 0 aliphatic carbocycles. The number of carboxylic acids is 1. The number of unbranched alkanes of at least 4 members (excludes halogenated alkanes) is 6. The number of rotatable bonds is 14. The number of aliphatic hydroxyl groups excluding tert-OH is 2. The highest BCUT2D eigenvalue weighted by molar-refractivity contribution is 5.66. The zero-order chi connectivity index (χ0) is 16.6. The number of aliphatic carboxylic acids is 1. The SMILES string of the molecule is CCCCCC=CC(O)C=CC(O)CCCCCCC(=O)O. The van der Waals surface area contributed by atoms with Gasteiger partial charge < -0.3 is 15.3 Å². The van der Waals surface area contributed by atoms with Gasteiger partial charge in [0.15, 0.2) is 0 Å². The molecule has 128 valence electrons. The summed E-state index contributed by atoms with van der Waals surface area (Å²) in [5, 5.41) is 28.0. The van der Waals surface area contributed by atoms with Gasteiger partial charge in [-0.25, -0.2) is 0 Å². The molecule has 0 rings (SSSR count). The summed E-state index contributed by atoms with van der Waals surface area (Å²) < 4.78 is 0. The van der Waals surface area contributed by atoms with Crippen LogP contribution in [0.5, 0.6) is 0 Å². The molecule has 3 N–H and O–H groups in total. The highest BCUT2D eigenvalue weighted by Crippen LogP contribution is 2.09. The Hall–Kier alpha value is -1.13. The van der Waals surface area contributed by atoms with Crippen molar-refractivity contribution >= 4 is 5.97 Å². The summed E-state index contributed by atoms with van der Waals surface area (Å²) in [5.41, 5.74) is 0. The summed E-state index contributed by atoms with van der Waals surface area (Å²) in [6.45, 7) is 2.16. The first-order valence-electron chi connectivity index (χ1n) is 8.49. The summed E-state index contributed by atoms with van der Waals surface area (Å²) >= 11 is 0. The topological polar surface area (TPSA) is 77.8 Å². The summed E-state index contributed by atoms with van der Waals surface area (Å²) in [7, 11) is 0. The lowest BCUT2D eigenvalue weighted by atomic mass is 10.1. The van der Waals surface area contributed by atoms with E-state index >= 15 is 0 Å². The lowest BCUT2D eigenvalue weighted by Gasteiger charge is -2.06. The minimum atomic E-state index is -0.750. The molecular weight excluding hydrogens is 280 g/mol. The molecule has 0 heterocycles. The number of hydrogen-bond donors (Lipinski definition) is 3. The molecule has 0 aromatic carbocycles. The zero-order valence-electron chi connectivity index (χ0n) is 13.8. The Balaban J connectivity index is 3.63. The van der Waals surface area contributed by atoms with Crippen molar-refractivity contribution in [3.05, 3.63) is 24.3 Å². The van der Waals surface area contributed by atoms with Crippen LogP contribution < -0.4 is 0 Å². The Labute approximate surface area is 134 Å². The standard InChI is InChI=1S/C18H32O4/c1-2-3-4-5-8-11-16(19)14-15-17(20)12-9-6-7-10-13-18(21)22/h8,11,14-17,19-20H,2-7,9-10,12-13H2,1H3,(H,21,22). The number of hydrogen-bond acceptors (Lipinski definition) is 3. The van der Waals surface area contributed by atoms with Crippen molar-refractivity contribution in [2.75, 3.05) is 0 Å². The van der Waals surface area contributed by atoms with E-state index in [0.29, 0.717) is 12.8 Å². The minimum absolute atomic E-state index is 0.221. The van der Waals surface area contributed by atoms with E-state index in [0.717, 1.165) is 32.1 Å². The largest absolute Gasteiger partial charge is 0.481 e. The molecule has 0 saturated heterocycles. The zero-order valence-corrected chi connectivity index (χ0v) is 13.8. The van der Waals surface area contributed by atoms with Crippen molar-refractivity contribution in [2.45, 2.75) is 83.3 Å². The Kier molecular flexibility index (Phi) is 14.0. The van der Waals surface area contributed by atoms with Crippen molar-refractivity contribution < 1.29 is 20.1 Å². The van der Waals surface area contributed by atoms with Crippen LogP contribution >= 0.6 is 0 Å². The predicted octanol–water partition coefficient (Wildman–Crippen LogP) is 3.83. The maximum Gasteiger partial charge on any atom is 0.303 e. The van der Waals surface area contributed by atoms with Gasteiger partial charge in [0.1, 0.15) is 0 Å². The second kappa shape index (κ2) is 14.8. The van der Waals surface area contributed by atoms with Gasteiger partial charge in [-0.05, 0) is 25.7 Å². The van der Waals surface area contributed by atoms with Crippen molar-refractivity contribution in [1.82, 2.24) is 0 Å². The van der Waals surface area contributed by atoms with E-state index in [1.165, 1.54) is 12.8 Å². The van der Waals surface area contributed by atoms with Crippen LogP contribution in [0.1, 0.15) is 71.1 Å². The van der Waals surface area contributed by atoms with Gasteiger partial charge in [-0.1, -0.05) is 63.3 Å². The number of carbonyl (C=O) groups is 1. The minimum Gasteiger partial charge on any atom is -0.481 e. The van der Waals surface area contributed by atoms with Crippen LogP contribution in [-0.4, -0.2) is 33.5 Å². The molecule has 0 aliphatic heterocycles. The maximum absolute atomic E-state index is 10.3. The Morgan fingerprint density at radius 3 is 2.36 bits per heavy atom. The van der Waals surface area contributed by atoms with Crippen LogP contribution in [0, 0.1) is 0 Å². The monoisotopic (exact) mass is 312 g/mol. The van der Waals surface area contributed by atoms with Gasteiger partial charge in [0, 0.05) is 6.42 Å². The fraction of sp³-hybridized carbons (Fsp3) is 0.722. The smallest absolute Gasteiger partial charge is 0.303 e. The molecule has 22 heavy (non-hydrogen) atoms. The molecule has 0 amide bonds. The van der Waals surface area contributed by atoms with Gasteiger partial charge in [0.25, 0.3) is 0 Å². The van der Waals surface area contributed by atoms with Crippen LogP contribution in [0.15, 0.2) is 24.3 Å². The van der Waals surface area contributed by atoms with E-state index in [-0.39, 0.29) is 6.42 Å². The van der Waals surface area contributed by atoms with Gasteiger partial charge in [0.05, 0.1) is 12.2 Å². The first kappa shape index (κ1) is 20.9. The van der Waals surface area contributed by atoms with E-state index in [4.69, 9.17) is 5.11 Å². The third-order valence-corrected chi connectivity index (χ3v) is 3.48. The Bertz CT molecular complexity index is 323. The second-order valence-corrected chi connectivity index (χ2v) is 5.71. The molecule has 0 radical (unpaired) electrons. The third kappa shape index (κ3) is 15.3. The van der Waals surface area contributed by atoms with E-state index < -0.39 is 18.2 Å². The molecule has 0 aromatic rings. The van der Waals surface area contributed by atoms with Crippen LogP contribution in [0.4, 0.5) is 0 Å². The normalized spacial score (nSPS) is 14.7. The number of aliphatic hydroxyl groups is 2. The third-order valence-electron chi connectivity index (χ3n) is 3.48. The summed E-state index contributed by atoms with van der Waals surface area (Å²) in [6, 6.07) is 0. The molecule has 0 bridgehead atoms. The molecule has 0 fully saturated rings. The fourth-order valence-electron chi connectivity index (χ4n) is 2.13. The maximum atomic E-state index is 10.3. The Morgan fingerprint density at radius 1 is 0.955 bits per heavy atom. The van der Waals surface area contributed by atoms with Gasteiger partial charge in [-0.3, -0.25) is 4.79 Å². The number of carboxylic acid groups (broad SMARTS) is 1. The molecule has 0 saturated carbocycles. The van der Waals surface area contributed by atoms with Gasteiger partial charge in [-0.15, -0.1) is 0 Å². The van der Waals surface area contributed by atoms with Crippen molar-refractivity contribution in [2.24, 2.45) is 0 Å². The van der Waals surface area contributed by atoms with Crippen molar-refractivity contribution in [3.8, 4) is 0 Å². The van der Waals surface area contributed by atoms with E-state index in [2.05, 4.69) is 6.92 Å². The fourth-order valence-corrected chi connectivity index (χ4v) is 2.13. The average molecular weight is 312 g/mol. The molecule has 0 aromatic heterocycles. The van der Waals surface area contributed by atoms with Gasteiger partial charge >= 0.3 is 5.97 Å². The summed E-state index contributed by atoms with van der Waals surface area (Å²) in [5.74, 6) is -0.750. The molecule has 0 aliphatic rings. The molecular formula is C18H32O4. The molecule has 2 atom stereocenters. The van der Waals surface area contributed by atoms with Crippen molar-refractivity contribution in [3.63, 3.8) is 0 Å². The second-order valence-electron chi connectivity index (χ2n) is 5.71. The Morgan fingerprint density at radius 2 is 1.68 bits per heavy atom. The van der Waals surface area contributed by atoms with Crippen molar-refractivity contribution in [1.29, 1.82) is 0 Å². The first-order chi connectivity index (χ1) is 10.6. The highest BCUT2D eigenvalue weighted by atomic mass is 16.4. The highest BCUT2D eigenvalue weighted by Gasteiger charge is 2.01. The quantitative estimate of drug-likeness (QED) is 0.336. The van der Waals surface area contributed by atoms with E-state index in [1.807, 2.05) is 6.08 Å². The van der Waals surface area contributed by atoms with E-state index in [1.54, 1.807) is 18.2 Å². The average Bonchev–Trinajstić information content (AvgIpc) is 2.48. The van der Waals surface area contributed by atoms with E-state index in [9.17, 15) is 15.0 Å². The molecule has 0 spiro atoms. The summed E-state index contributed by atoms with van der Waals surface area (Å²) in [4.78, 5) is 10.3. The van der Waals surface area contributed by atoms with Crippen LogP contribution in [-0.2, 0) is 4.79 Å². The van der Waals surface area contributed by atoms with Gasteiger partial charge in [0.2, 0.25) is 0 Å². The summed E-state index contributed by atoms with van der Waals surface area (Å²) in [6.07, 6.45) is 14.6. The molecule has 4 nitrogen and oxygen atoms in total. The number of allylic oxidation sites excluding steroid dienone is 1. The van der Waals surface area contributed by atoms with Gasteiger partial charge in [-0.2, -0.15) is 0 Å². The predicted molar refractivity (Wildman–Crippen MR) is 89.8 cm³/mol. The lowest BCUT2D eigenvalue weighted by Crippen LogP contribution is -2.05. The first-order valence-corrected chi connectivity index (χ1v) is 8.49. The van der Waals surface area contributed by atoms with Crippen LogP contribution in [0.2, 0.25) is 0 Å².